The normalized spacial score (nSPS) is 20.8. The van der Waals surface area contributed by atoms with E-state index in [4.69, 9.17) is 13.9 Å². The summed E-state index contributed by atoms with van der Waals surface area (Å²) in [5, 5.41) is -0.0242. The molecule has 1 fully saturated rings. The van der Waals surface area contributed by atoms with Crippen LogP contribution in [0.5, 0.6) is 0 Å². The van der Waals surface area contributed by atoms with E-state index in [2.05, 4.69) is 33.9 Å². The SMILES string of the molecule is CCC(C)(CC)OC(C)OC1([Si](C)(C)OC)CC1. The summed E-state index contributed by atoms with van der Waals surface area (Å²) in [6, 6.07) is 0. The smallest absolute Gasteiger partial charge is 0.217 e. The quantitative estimate of drug-likeness (QED) is 0.497. The average molecular weight is 274 g/mol. The molecular formula is C14H30O3Si. The fourth-order valence-corrected chi connectivity index (χ4v) is 4.47. The molecule has 1 aliphatic rings. The highest BCUT2D eigenvalue weighted by Crippen LogP contribution is 2.48. The van der Waals surface area contributed by atoms with Crippen molar-refractivity contribution in [1.29, 1.82) is 0 Å². The lowest BCUT2D eigenvalue weighted by Crippen LogP contribution is -2.50. The maximum absolute atomic E-state index is 6.22. The molecule has 0 aliphatic heterocycles. The minimum Gasteiger partial charge on any atom is -0.418 e. The monoisotopic (exact) mass is 274 g/mol. The molecule has 0 aromatic rings. The molecule has 0 radical (unpaired) electrons. The molecule has 0 N–H and O–H groups in total. The molecular weight excluding hydrogens is 244 g/mol. The van der Waals surface area contributed by atoms with E-state index >= 15 is 0 Å². The van der Waals surface area contributed by atoms with Crippen molar-refractivity contribution in [2.45, 2.75) is 83.6 Å². The van der Waals surface area contributed by atoms with E-state index in [0.29, 0.717) is 0 Å². The molecule has 1 unspecified atom stereocenters. The Balaban J connectivity index is 2.58. The van der Waals surface area contributed by atoms with Crippen molar-refractivity contribution < 1.29 is 13.9 Å². The van der Waals surface area contributed by atoms with Crippen LogP contribution in [0.1, 0.15) is 53.4 Å². The third-order valence-electron chi connectivity index (χ3n) is 4.65. The van der Waals surface area contributed by atoms with Gasteiger partial charge in [0.1, 0.15) is 0 Å². The summed E-state index contributed by atoms with van der Waals surface area (Å²) in [6.45, 7) is 13.0. The number of ether oxygens (including phenoxy) is 2. The lowest BCUT2D eigenvalue weighted by Gasteiger charge is -2.36. The number of hydrogen-bond donors (Lipinski definition) is 0. The summed E-state index contributed by atoms with van der Waals surface area (Å²) in [6.07, 6.45) is 4.09. The van der Waals surface area contributed by atoms with Gasteiger partial charge in [-0.05, 0) is 52.6 Å². The van der Waals surface area contributed by atoms with Gasteiger partial charge in [0.25, 0.3) is 0 Å². The number of hydrogen-bond acceptors (Lipinski definition) is 3. The molecule has 0 spiro atoms. The van der Waals surface area contributed by atoms with Crippen molar-refractivity contribution in [3.05, 3.63) is 0 Å². The minimum atomic E-state index is -1.75. The Bertz CT molecular complexity index is 270. The van der Waals surface area contributed by atoms with Gasteiger partial charge < -0.3 is 13.9 Å². The van der Waals surface area contributed by atoms with Crippen LogP contribution < -0.4 is 0 Å². The van der Waals surface area contributed by atoms with Gasteiger partial charge in [-0.2, -0.15) is 0 Å². The van der Waals surface area contributed by atoms with Gasteiger partial charge in [0.2, 0.25) is 8.32 Å². The van der Waals surface area contributed by atoms with Crippen molar-refractivity contribution >= 4 is 8.32 Å². The van der Waals surface area contributed by atoms with Crippen molar-refractivity contribution in [3.63, 3.8) is 0 Å². The molecule has 1 atom stereocenters. The van der Waals surface area contributed by atoms with Gasteiger partial charge in [-0.15, -0.1) is 0 Å². The highest BCUT2D eigenvalue weighted by atomic mass is 28.4. The zero-order chi connectivity index (χ0) is 14.0. The van der Waals surface area contributed by atoms with Gasteiger partial charge in [-0.25, -0.2) is 0 Å². The maximum Gasteiger partial charge on any atom is 0.217 e. The molecule has 0 bridgehead atoms. The van der Waals surface area contributed by atoms with E-state index < -0.39 is 8.32 Å². The molecule has 0 aromatic carbocycles. The van der Waals surface area contributed by atoms with Gasteiger partial charge in [0, 0.05) is 7.11 Å². The molecule has 0 heterocycles. The first kappa shape index (κ1) is 16.2. The van der Waals surface area contributed by atoms with E-state index in [1.165, 1.54) is 0 Å². The topological polar surface area (TPSA) is 27.7 Å². The van der Waals surface area contributed by atoms with Crippen LogP contribution in [0.25, 0.3) is 0 Å². The standard InChI is InChI=1S/C14H30O3Si/c1-8-13(4,9-2)16-12(3)17-14(10-11-14)18(6,7)15-5/h12H,8-11H2,1-7H3. The molecule has 0 amide bonds. The van der Waals surface area contributed by atoms with Gasteiger partial charge in [-0.3, -0.25) is 0 Å². The van der Waals surface area contributed by atoms with E-state index in [9.17, 15) is 0 Å². The summed E-state index contributed by atoms with van der Waals surface area (Å²) in [4.78, 5) is 0. The first-order valence-electron chi connectivity index (χ1n) is 7.15. The highest BCUT2D eigenvalue weighted by Gasteiger charge is 2.59. The Kier molecular flexibility index (Phi) is 5.04. The van der Waals surface area contributed by atoms with Crippen LogP contribution in [-0.2, 0) is 13.9 Å². The van der Waals surface area contributed by atoms with E-state index in [0.717, 1.165) is 25.7 Å². The van der Waals surface area contributed by atoms with Gasteiger partial charge in [-0.1, -0.05) is 13.8 Å². The molecule has 18 heavy (non-hydrogen) atoms. The Morgan fingerprint density at radius 2 is 1.72 bits per heavy atom. The average Bonchev–Trinajstić information content (AvgIpc) is 3.10. The predicted molar refractivity (Wildman–Crippen MR) is 77.1 cm³/mol. The molecule has 4 heteroatoms. The summed E-state index contributed by atoms with van der Waals surface area (Å²) in [5.74, 6) is 0. The van der Waals surface area contributed by atoms with E-state index in [1.807, 2.05) is 14.0 Å². The zero-order valence-corrected chi connectivity index (χ0v) is 14.1. The van der Waals surface area contributed by atoms with E-state index in [-0.39, 0.29) is 17.1 Å². The van der Waals surface area contributed by atoms with Crippen LogP contribution in [0.3, 0.4) is 0 Å². The Morgan fingerprint density at radius 1 is 1.22 bits per heavy atom. The van der Waals surface area contributed by atoms with Crippen molar-refractivity contribution in [2.75, 3.05) is 7.11 Å². The maximum atomic E-state index is 6.22. The molecule has 1 saturated carbocycles. The third-order valence-corrected chi connectivity index (χ3v) is 8.48. The molecule has 0 saturated heterocycles. The van der Waals surface area contributed by atoms with Crippen LogP contribution in [0.15, 0.2) is 0 Å². The largest absolute Gasteiger partial charge is 0.418 e. The van der Waals surface area contributed by atoms with Crippen molar-refractivity contribution in [1.82, 2.24) is 0 Å². The molecule has 0 aromatic heterocycles. The minimum absolute atomic E-state index is 0.0242. The summed E-state index contributed by atoms with van der Waals surface area (Å²) < 4.78 is 18.0. The second-order valence-corrected chi connectivity index (χ2v) is 10.5. The van der Waals surface area contributed by atoms with Gasteiger partial charge >= 0.3 is 0 Å². The summed E-state index contributed by atoms with van der Waals surface area (Å²) in [7, 11) is 0.0544. The molecule has 1 aliphatic carbocycles. The zero-order valence-electron chi connectivity index (χ0n) is 13.1. The fourth-order valence-electron chi connectivity index (χ4n) is 2.32. The highest BCUT2D eigenvalue weighted by molar-refractivity contribution is 6.75. The Morgan fingerprint density at radius 3 is 2.06 bits per heavy atom. The second kappa shape index (κ2) is 5.61. The van der Waals surface area contributed by atoms with Crippen LogP contribution >= 0.6 is 0 Å². The Labute approximate surface area is 113 Å². The Hall–Kier alpha value is 0.0969. The lowest BCUT2D eigenvalue weighted by molar-refractivity contribution is -0.214. The van der Waals surface area contributed by atoms with Crippen LogP contribution in [0.4, 0.5) is 0 Å². The van der Waals surface area contributed by atoms with Gasteiger partial charge in [0.15, 0.2) is 6.29 Å². The third kappa shape index (κ3) is 3.35. The van der Waals surface area contributed by atoms with Crippen LogP contribution in [0.2, 0.25) is 13.1 Å². The lowest BCUT2D eigenvalue weighted by atomic mass is 10.0. The van der Waals surface area contributed by atoms with Crippen LogP contribution in [-0.4, -0.2) is 32.5 Å². The first-order valence-corrected chi connectivity index (χ1v) is 10.1. The first-order chi connectivity index (χ1) is 8.24. The van der Waals surface area contributed by atoms with Crippen molar-refractivity contribution in [3.8, 4) is 0 Å². The summed E-state index contributed by atoms with van der Waals surface area (Å²) in [5.41, 5.74) is -0.0751. The van der Waals surface area contributed by atoms with Gasteiger partial charge in [0.05, 0.1) is 10.8 Å². The predicted octanol–water partition coefficient (Wildman–Crippen LogP) is 3.87. The fraction of sp³-hybridized carbons (Fsp3) is 1.00. The number of rotatable bonds is 8. The molecule has 108 valence electrons. The van der Waals surface area contributed by atoms with Crippen molar-refractivity contribution in [2.24, 2.45) is 0 Å². The second-order valence-electron chi connectivity index (χ2n) is 6.17. The van der Waals surface area contributed by atoms with Crippen LogP contribution in [0, 0.1) is 0 Å². The van der Waals surface area contributed by atoms with E-state index in [1.54, 1.807) is 0 Å². The molecule has 1 rings (SSSR count). The summed E-state index contributed by atoms with van der Waals surface area (Å²) >= 11 is 0. The molecule has 3 nitrogen and oxygen atoms in total.